The Kier molecular flexibility index (Phi) is 7.94. The lowest BCUT2D eigenvalue weighted by Crippen LogP contribution is -2.48. The van der Waals surface area contributed by atoms with Crippen LogP contribution >= 0.6 is 24.0 Å². The summed E-state index contributed by atoms with van der Waals surface area (Å²) in [6, 6.07) is 11.1. The highest BCUT2D eigenvalue weighted by Crippen LogP contribution is 2.19. The summed E-state index contributed by atoms with van der Waals surface area (Å²) < 4.78 is 1.93. The molecule has 1 aliphatic heterocycles. The van der Waals surface area contributed by atoms with Crippen LogP contribution in [-0.4, -0.2) is 41.9 Å². The first-order chi connectivity index (χ1) is 12.6. The number of aromatic nitrogens is 2. The van der Waals surface area contributed by atoms with Crippen LogP contribution in [0, 0.1) is 13.8 Å². The molecule has 0 aliphatic carbocycles. The van der Waals surface area contributed by atoms with Gasteiger partial charge in [0.1, 0.15) is 0 Å². The van der Waals surface area contributed by atoms with E-state index in [0.29, 0.717) is 6.04 Å². The fourth-order valence-electron chi connectivity index (χ4n) is 3.55. The summed E-state index contributed by atoms with van der Waals surface area (Å²) in [5.74, 6) is 0.866. The van der Waals surface area contributed by atoms with Gasteiger partial charge in [-0.15, -0.1) is 24.0 Å². The number of aryl methyl sites for hydroxylation is 2. The zero-order valence-electron chi connectivity index (χ0n) is 16.7. The Bertz CT molecular complexity index is 747. The number of guanidine groups is 1. The molecule has 0 saturated carbocycles. The SMILES string of the molecule is CN=C(NCc1c(C)nn(C)c1C)NC1CCN(c2ccccc2)CC1.I. The molecule has 148 valence electrons. The van der Waals surface area contributed by atoms with E-state index in [9.17, 15) is 0 Å². The molecule has 0 atom stereocenters. The number of benzene rings is 1. The molecule has 7 heteroatoms. The number of rotatable bonds is 4. The number of piperidine rings is 1. The maximum absolute atomic E-state index is 4.48. The predicted molar refractivity (Wildman–Crippen MR) is 123 cm³/mol. The average Bonchev–Trinajstić information content (AvgIpc) is 2.91. The lowest BCUT2D eigenvalue weighted by molar-refractivity contribution is 0.461. The highest BCUT2D eigenvalue weighted by Gasteiger charge is 2.20. The summed E-state index contributed by atoms with van der Waals surface area (Å²) in [6.07, 6.45) is 2.22. The summed E-state index contributed by atoms with van der Waals surface area (Å²) in [5.41, 5.74) is 4.83. The summed E-state index contributed by atoms with van der Waals surface area (Å²) in [6.45, 7) is 7.04. The van der Waals surface area contributed by atoms with Crippen LogP contribution in [0.4, 0.5) is 5.69 Å². The van der Waals surface area contributed by atoms with Crippen molar-refractivity contribution < 1.29 is 0 Å². The average molecular weight is 482 g/mol. The molecular formula is C20H31IN6. The van der Waals surface area contributed by atoms with Crippen LogP contribution in [0.15, 0.2) is 35.3 Å². The number of anilines is 1. The van der Waals surface area contributed by atoms with Crippen molar-refractivity contribution in [2.24, 2.45) is 12.0 Å². The van der Waals surface area contributed by atoms with E-state index < -0.39 is 0 Å². The first-order valence-electron chi connectivity index (χ1n) is 9.34. The molecule has 0 radical (unpaired) electrons. The van der Waals surface area contributed by atoms with Gasteiger partial charge in [-0.25, -0.2) is 0 Å². The summed E-state index contributed by atoms with van der Waals surface area (Å²) >= 11 is 0. The van der Waals surface area contributed by atoms with Gasteiger partial charge < -0.3 is 15.5 Å². The maximum Gasteiger partial charge on any atom is 0.191 e. The molecule has 0 bridgehead atoms. The van der Waals surface area contributed by atoms with Crippen LogP contribution in [-0.2, 0) is 13.6 Å². The minimum absolute atomic E-state index is 0. The quantitative estimate of drug-likeness (QED) is 0.400. The van der Waals surface area contributed by atoms with Crippen molar-refractivity contribution in [2.75, 3.05) is 25.0 Å². The Morgan fingerprint density at radius 3 is 2.41 bits per heavy atom. The molecule has 2 heterocycles. The fourth-order valence-corrected chi connectivity index (χ4v) is 3.55. The normalized spacial score (nSPS) is 15.4. The van der Waals surface area contributed by atoms with Crippen molar-refractivity contribution in [3.63, 3.8) is 0 Å². The third-order valence-corrected chi connectivity index (χ3v) is 5.27. The predicted octanol–water partition coefficient (Wildman–Crippen LogP) is 2.99. The monoisotopic (exact) mass is 482 g/mol. The summed E-state index contributed by atoms with van der Waals surface area (Å²) in [5, 5.41) is 11.5. The van der Waals surface area contributed by atoms with Gasteiger partial charge in [-0.2, -0.15) is 5.10 Å². The number of hydrogen-bond acceptors (Lipinski definition) is 3. The Balaban J connectivity index is 0.00000261. The number of aliphatic imine (C=N–C) groups is 1. The van der Waals surface area contributed by atoms with E-state index in [-0.39, 0.29) is 24.0 Å². The van der Waals surface area contributed by atoms with E-state index in [1.54, 1.807) is 0 Å². The Hall–Kier alpha value is -1.77. The van der Waals surface area contributed by atoms with Crippen molar-refractivity contribution >= 4 is 35.6 Å². The molecule has 1 saturated heterocycles. The molecular weight excluding hydrogens is 451 g/mol. The molecule has 2 aromatic rings. The molecule has 6 nitrogen and oxygen atoms in total. The molecule has 2 N–H and O–H groups in total. The van der Waals surface area contributed by atoms with Crippen LogP contribution in [0.1, 0.15) is 29.8 Å². The van der Waals surface area contributed by atoms with Crippen molar-refractivity contribution in [1.82, 2.24) is 20.4 Å². The number of halogens is 1. The third-order valence-electron chi connectivity index (χ3n) is 5.27. The molecule has 3 rings (SSSR count). The van der Waals surface area contributed by atoms with E-state index in [1.807, 2.05) is 18.8 Å². The number of nitrogens with zero attached hydrogens (tertiary/aromatic N) is 4. The summed E-state index contributed by atoms with van der Waals surface area (Å²) in [4.78, 5) is 6.85. The van der Waals surface area contributed by atoms with Crippen molar-refractivity contribution in [3.8, 4) is 0 Å². The first kappa shape index (κ1) is 21.5. The van der Waals surface area contributed by atoms with E-state index in [2.05, 4.69) is 69.8 Å². The van der Waals surface area contributed by atoms with Crippen LogP contribution in [0.2, 0.25) is 0 Å². The van der Waals surface area contributed by atoms with Gasteiger partial charge in [0.25, 0.3) is 0 Å². The summed E-state index contributed by atoms with van der Waals surface area (Å²) in [7, 11) is 3.82. The molecule has 1 aromatic carbocycles. The molecule has 0 unspecified atom stereocenters. The van der Waals surface area contributed by atoms with Crippen LogP contribution in [0.3, 0.4) is 0 Å². The van der Waals surface area contributed by atoms with Crippen LogP contribution in [0.5, 0.6) is 0 Å². The van der Waals surface area contributed by atoms with E-state index in [0.717, 1.165) is 44.1 Å². The van der Waals surface area contributed by atoms with Crippen molar-refractivity contribution in [3.05, 3.63) is 47.3 Å². The van der Waals surface area contributed by atoms with Gasteiger partial charge in [0.2, 0.25) is 0 Å². The van der Waals surface area contributed by atoms with Gasteiger partial charge in [0.15, 0.2) is 5.96 Å². The molecule has 1 fully saturated rings. The van der Waals surface area contributed by atoms with E-state index in [4.69, 9.17) is 0 Å². The number of hydrogen-bond donors (Lipinski definition) is 2. The van der Waals surface area contributed by atoms with E-state index >= 15 is 0 Å². The third kappa shape index (κ3) is 5.37. The minimum Gasteiger partial charge on any atom is -0.371 e. The molecule has 1 aromatic heterocycles. The van der Waals surface area contributed by atoms with Crippen molar-refractivity contribution in [1.29, 1.82) is 0 Å². The van der Waals surface area contributed by atoms with Gasteiger partial charge in [-0.1, -0.05) is 18.2 Å². The highest BCUT2D eigenvalue weighted by molar-refractivity contribution is 14.0. The smallest absolute Gasteiger partial charge is 0.191 e. The topological polar surface area (TPSA) is 57.5 Å². The zero-order valence-corrected chi connectivity index (χ0v) is 19.0. The van der Waals surface area contributed by atoms with Gasteiger partial charge >= 0.3 is 0 Å². The highest BCUT2D eigenvalue weighted by atomic mass is 127. The second-order valence-electron chi connectivity index (χ2n) is 6.94. The van der Waals surface area contributed by atoms with Gasteiger partial charge in [0.05, 0.1) is 5.69 Å². The van der Waals surface area contributed by atoms with E-state index in [1.165, 1.54) is 16.9 Å². The second-order valence-corrected chi connectivity index (χ2v) is 6.94. The van der Waals surface area contributed by atoms with Crippen LogP contribution < -0.4 is 15.5 Å². The zero-order chi connectivity index (χ0) is 18.5. The fraction of sp³-hybridized carbons (Fsp3) is 0.500. The number of nitrogens with one attached hydrogen (secondary N) is 2. The van der Waals surface area contributed by atoms with Crippen molar-refractivity contribution in [2.45, 2.75) is 39.3 Å². The van der Waals surface area contributed by atoms with Gasteiger partial charge in [-0.05, 0) is 38.8 Å². The van der Waals surface area contributed by atoms with Gasteiger partial charge in [-0.3, -0.25) is 9.67 Å². The Labute approximate surface area is 179 Å². The standard InChI is InChI=1S/C20H30N6.HI/c1-15-19(16(2)25(4)24-15)14-22-20(21-3)23-17-10-12-26(13-11-17)18-8-6-5-7-9-18;/h5-9,17H,10-14H2,1-4H3,(H2,21,22,23);1H. The van der Waals surface area contributed by atoms with Crippen LogP contribution in [0.25, 0.3) is 0 Å². The lowest BCUT2D eigenvalue weighted by atomic mass is 10.0. The largest absolute Gasteiger partial charge is 0.371 e. The lowest BCUT2D eigenvalue weighted by Gasteiger charge is -2.34. The maximum atomic E-state index is 4.48. The molecule has 27 heavy (non-hydrogen) atoms. The minimum atomic E-state index is 0. The molecule has 0 spiro atoms. The van der Waals surface area contributed by atoms with Gasteiger partial charge in [0, 0.05) is 56.7 Å². The first-order valence-corrected chi connectivity index (χ1v) is 9.34. The second kappa shape index (κ2) is 9.96. The number of para-hydroxylation sites is 1. The molecule has 1 aliphatic rings. The Morgan fingerprint density at radius 2 is 1.85 bits per heavy atom. The molecule has 0 amide bonds. The Morgan fingerprint density at radius 1 is 1.19 bits per heavy atom.